The number of carbonyl (C=O) groups excluding carboxylic acids is 2. The van der Waals surface area contributed by atoms with Crippen molar-refractivity contribution in [1.29, 1.82) is 5.26 Å². The number of hydrogen-bond acceptors (Lipinski definition) is 3. The highest BCUT2D eigenvalue weighted by Gasteiger charge is 2.05. The number of hydrazine groups is 1. The molecule has 0 aromatic heterocycles. The summed E-state index contributed by atoms with van der Waals surface area (Å²) >= 11 is 0. The molecule has 1 rings (SSSR count). The van der Waals surface area contributed by atoms with Crippen molar-refractivity contribution in [2.45, 2.75) is 13.3 Å². The van der Waals surface area contributed by atoms with E-state index in [2.05, 4.69) is 10.9 Å². The number of nitriles is 1. The van der Waals surface area contributed by atoms with Gasteiger partial charge in [0.25, 0.3) is 11.8 Å². The summed E-state index contributed by atoms with van der Waals surface area (Å²) in [5, 5.41) is 8.23. The summed E-state index contributed by atoms with van der Waals surface area (Å²) < 4.78 is 0. The van der Waals surface area contributed by atoms with Gasteiger partial charge in [0.2, 0.25) is 0 Å². The lowest BCUT2D eigenvalue weighted by molar-refractivity contribution is -0.120. The third-order valence-electron chi connectivity index (χ3n) is 1.87. The fraction of sp³-hybridized carbons (Fsp3) is 0.182. The van der Waals surface area contributed by atoms with Gasteiger partial charge in [-0.2, -0.15) is 5.26 Å². The van der Waals surface area contributed by atoms with Crippen LogP contribution in [0.15, 0.2) is 24.3 Å². The second-order valence-corrected chi connectivity index (χ2v) is 3.20. The minimum absolute atomic E-state index is 0.284. The SMILES string of the molecule is Cc1ccc(C(=O)NNC(=O)CC#N)cc1. The molecule has 2 amide bonds. The number of aryl methyl sites for hydroxylation is 1. The van der Waals surface area contributed by atoms with Gasteiger partial charge in [-0.1, -0.05) is 17.7 Å². The van der Waals surface area contributed by atoms with Crippen LogP contribution in [0.1, 0.15) is 22.3 Å². The van der Waals surface area contributed by atoms with Gasteiger partial charge in [0.1, 0.15) is 6.42 Å². The third-order valence-corrected chi connectivity index (χ3v) is 1.87. The van der Waals surface area contributed by atoms with Crippen LogP contribution in [0, 0.1) is 18.3 Å². The molecule has 0 radical (unpaired) electrons. The van der Waals surface area contributed by atoms with Crippen LogP contribution in [0.5, 0.6) is 0 Å². The van der Waals surface area contributed by atoms with Gasteiger partial charge in [0.15, 0.2) is 0 Å². The number of carbonyl (C=O) groups is 2. The molecule has 1 aromatic carbocycles. The molecule has 0 atom stereocenters. The number of benzene rings is 1. The largest absolute Gasteiger partial charge is 0.272 e. The molecule has 0 aliphatic carbocycles. The van der Waals surface area contributed by atoms with Crippen molar-refractivity contribution in [3.63, 3.8) is 0 Å². The van der Waals surface area contributed by atoms with E-state index >= 15 is 0 Å². The summed E-state index contributed by atoms with van der Waals surface area (Å²) in [7, 11) is 0. The summed E-state index contributed by atoms with van der Waals surface area (Å²) in [6.45, 7) is 1.91. The van der Waals surface area contributed by atoms with Gasteiger partial charge in [-0.25, -0.2) is 0 Å². The van der Waals surface area contributed by atoms with Crippen LogP contribution >= 0.6 is 0 Å². The lowest BCUT2D eigenvalue weighted by Gasteiger charge is -2.05. The lowest BCUT2D eigenvalue weighted by atomic mass is 10.1. The summed E-state index contributed by atoms with van der Waals surface area (Å²) in [6.07, 6.45) is -0.284. The van der Waals surface area contributed by atoms with E-state index in [-0.39, 0.29) is 6.42 Å². The van der Waals surface area contributed by atoms with E-state index in [1.54, 1.807) is 30.3 Å². The van der Waals surface area contributed by atoms with E-state index in [9.17, 15) is 9.59 Å². The zero-order chi connectivity index (χ0) is 12.0. The summed E-state index contributed by atoms with van der Waals surface area (Å²) in [5.41, 5.74) is 5.84. The Bertz CT molecular complexity index is 432. The highest BCUT2D eigenvalue weighted by Crippen LogP contribution is 2.02. The molecule has 0 bridgehead atoms. The lowest BCUT2D eigenvalue weighted by Crippen LogP contribution is -2.41. The van der Waals surface area contributed by atoms with Gasteiger partial charge in [-0.05, 0) is 19.1 Å². The van der Waals surface area contributed by atoms with Crippen LogP contribution in [0.2, 0.25) is 0 Å². The second kappa shape index (κ2) is 5.51. The Kier molecular flexibility index (Phi) is 4.04. The van der Waals surface area contributed by atoms with Crippen molar-refractivity contribution in [3.8, 4) is 6.07 Å². The van der Waals surface area contributed by atoms with E-state index in [0.29, 0.717) is 5.56 Å². The fourth-order valence-corrected chi connectivity index (χ4v) is 1.02. The quantitative estimate of drug-likeness (QED) is 0.714. The third kappa shape index (κ3) is 3.42. The highest BCUT2D eigenvalue weighted by atomic mass is 16.2. The van der Waals surface area contributed by atoms with Crippen LogP contribution in [0.25, 0.3) is 0 Å². The van der Waals surface area contributed by atoms with E-state index in [1.165, 1.54) is 0 Å². The van der Waals surface area contributed by atoms with Gasteiger partial charge < -0.3 is 0 Å². The van der Waals surface area contributed by atoms with Crippen molar-refractivity contribution >= 4 is 11.8 Å². The molecular weight excluding hydrogens is 206 g/mol. The monoisotopic (exact) mass is 217 g/mol. The Labute approximate surface area is 93.0 Å². The highest BCUT2D eigenvalue weighted by molar-refractivity contribution is 5.95. The van der Waals surface area contributed by atoms with E-state index in [1.807, 2.05) is 6.92 Å². The molecule has 2 N–H and O–H groups in total. The van der Waals surface area contributed by atoms with Crippen LogP contribution in [-0.2, 0) is 4.79 Å². The first-order chi connectivity index (χ1) is 7.63. The maximum Gasteiger partial charge on any atom is 0.269 e. The minimum Gasteiger partial charge on any atom is -0.272 e. The van der Waals surface area contributed by atoms with Crippen molar-refractivity contribution in [2.24, 2.45) is 0 Å². The van der Waals surface area contributed by atoms with Crippen LogP contribution in [0.3, 0.4) is 0 Å². The zero-order valence-corrected chi connectivity index (χ0v) is 8.78. The predicted octanol–water partition coefficient (Wildman–Crippen LogP) is 0.670. The molecule has 5 nitrogen and oxygen atoms in total. The first-order valence-electron chi connectivity index (χ1n) is 4.66. The number of hydrogen-bond donors (Lipinski definition) is 2. The molecule has 0 heterocycles. The molecule has 5 heteroatoms. The number of amides is 2. The molecule has 0 saturated carbocycles. The second-order valence-electron chi connectivity index (χ2n) is 3.20. The molecule has 0 unspecified atom stereocenters. The minimum atomic E-state index is -0.539. The predicted molar refractivity (Wildman–Crippen MR) is 57.0 cm³/mol. The van der Waals surface area contributed by atoms with Crippen LogP contribution in [0.4, 0.5) is 0 Å². The van der Waals surface area contributed by atoms with Crippen molar-refractivity contribution in [1.82, 2.24) is 10.9 Å². The molecule has 16 heavy (non-hydrogen) atoms. The van der Waals surface area contributed by atoms with Gasteiger partial charge in [0, 0.05) is 5.56 Å². The van der Waals surface area contributed by atoms with Crippen LogP contribution in [-0.4, -0.2) is 11.8 Å². The van der Waals surface area contributed by atoms with Crippen molar-refractivity contribution < 1.29 is 9.59 Å². The van der Waals surface area contributed by atoms with Gasteiger partial charge in [-0.3, -0.25) is 20.4 Å². The van der Waals surface area contributed by atoms with Gasteiger partial charge in [-0.15, -0.1) is 0 Å². The summed E-state index contributed by atoms with van der Waals surface area (Å²) in [4.78, 5) is 22.3. The summed E-state index contributed by atoms with van der Waals surface area (Å²) in [5.74, 6) is -0.950. The van der Waals surface area contributed by atoms with E-state index in [0.717, 1.165) is 5.56 Å². The smallest absolute Gasteiger partial charge is 0.269 e. The molecule has 0 fully saturated rings. The Morgan fingerprint density at radius 1 is 1.25 bits per heavy atom. The zero-order valence-electron chi connectivity index (χ0n) is 8.78. The molecule has 0 spiro atoms. The van der Waals surface area contributed by atoms with E-state index in [4.69, 9.17) is 5.26 Å². The average Bonchev–Trinajstić information content (AvgIpc) is 2.27. The fourth-order valence-electron chi connectivity index (χ4n) is 1.02. The Hall–Kier alpha value is -2.35. The van der Waals surface area contributed by atoms with Crippen LogP contribution < -0.4 is 10.9 Å². The Morgan fingerprint density at radius 3 is 2.44 bits per heavy atom. The first-order valence-corrected chi connectivity index (χ1v) is 4.66. The molecule has 0 aliphatic heterocycles. The summed E-state index contributed by atoms with van der Waals surface area (Å²) in [6, 6.07) is 8.58. The molecule has 0 saturated heterocycles. The van der Waals surface area contributed by atoms with E-state index < -0.39 is 11.8 Å². The normalized spacial score (nSPS) is 9.00. The molecular formula is C11H11N3O2. The maximum atomic E-state index is 11.5. The number of nitrogens with zero attached hydrogens (tertiary/aromatic N) is 1. The Balaban J connectivity index is 2.50. The topological polar surface area (TPSA) is 82.0 Å². The van der Waals surface area contributed by atoms with Crippen molar-refractivity contribution in [3.05, 3.63) is 35.4 Å². The Morgan fingerprint density at radius 2 is 1.88 bits per heavy atom. The first kappa shape index (κ1) is 11.7. The number of nitrogens with one attached hydrogen (secondary N) is 2. The standard InChI is InChI=1S/C11H11N3O2/c1-8-2-4-9(5-3-8)11(16)14-13-10(15)6-7-12/h2-5H,6H2,1H3,(H,13,15)(H,14,16). The van der Waals surface area contributed by atoms with Gasteiger partial charge >= 0.3 is 0 Å². The van der Waals surface area contributed by atoms with Crippen molar-refractivity contribution in [2.75, 3.05) is 0 Å². The number of rotatable bonds is 2. The molecule has 1 aromatic rings. The average molecular weight is 217 g/mol. The van der Waals surface area contributed by atoms with Gasteiger partial charge in [0.05, 0.1) is 6.07 Å². The molecule has 82 valence electrons. The molecule has 0 aliphatic rings. The maximum absolute atomic E-state index is 11.5.